The molecule has 0 saturated heterocycles. The minimum Gasteiger partial charge on any atom is -0.393 e. The van der Waals surface area contributed by atoms with Crippen molar-refractivity contribution in [2.45, 2.75) is 37.9 Å². The monoisotopic (exact) mass is 155 g/mol. The predicted molar refractivity (Wildman–Crippen MR) is 30.5 cm³/mol. The van der Waals surface area contributed by atoms with E-state index in [0.29, 0.717) is 6.42 Å². The Balaban J connectivity index is 0.000000640. The van der Waals surface area contributed by atoms with E-state index < -0.39 is 0 Å². The standard InChI is InChI=1S/C6H12O2.K/c7-5-2-1-3-6(8)4-5;/h5-8H,1-4H2;/q;+1. The fraction of sp³-hybridized carbons (Fsp3) is 1.00. The van der Waals surface area contributed by atoms with Gasteiger partial charge in [-0.05, 0) is 25.7 Å². The molecule has 1 saturated carbocycles. The summed E-state index contributed by atoms with van der Waals surface area (Å²) >= 11 is 0. The van der Waals surface area contributed by atoms with Crippen molar-refractivity contribution in [3.63, 3.8) is 0 Å². The van der Waals surface area contributed by atoms with Gasteiger partial charge in [-0.3, -0.25) is 0 Å². The van der Waals surface area contributed by atoms with Crippen molar-refractivity contribution in [1.82, 2.24) is 0 Å². The van der Waals surface area contributed by atoms with E-state index in [9.17, 15) is 0 Å². The molecule has 2 atom stereocenters. The normalized spacial score (nSPS) is 35.3. The van der Waals surface area contributed by atoms with Crippen LogP contribution in [0.5, 0.6) is 0 Å². The fourth-order valence-electron chi connectivity index (χ4n) is 1.14. The first-order valence-electron chi connectivity index (χ1n) is 3.15. The van der Waals surface area contributed by atoms with Gasteiger partial charge in [-0.1, -0.05) is 0 Å². The summed E-state index contributed by atoms with van der Waals surface area (Å²) in [7, 11) is 0. The molecule has 48 valence electrons. The van der Waals surface area contributed by atoms with Crippen LogP contribution in [-0.2, 0) is 0 Å². The molecule has 1 rings (SSSR count). The first-order valence-corrected chi connectivity index (χ1v) is 3.15. The van der Waals surface area contributed by atoms with Gasteiger partial charge in [0.25, 0.3) is 0 Å². The van der Waals surface area contributed by atoms with Crippen LogP contribution in [0.1, 0.15) is 25.7 Å². The molecule has 0 heterocycles. The molecule has 1 aliphatic carbocycles. The van der Waals surface area contributed by atoms with Crippen LogP contribution in [0.15, 0.2) is 0 Å². The zero-order valence-corrected chi connectivity index (χ0v) is 9.00. The number of aliphatic hydroxyl groups excluding tert-OH is 2. The van der Waals surface area contributed by atoms with Crippen LogP contribution in [0.25, 0.3) is 0 Å². The Labute approximate surface area is 98.1 Å². The summed E-state index contributed by atoms with van der Waals surface area (Å²) in [5, 5.41) is 17.8. The first-order chi connectivity index (χ1) is 3.79. The van der Waals surface area contributed by atoms with Gasteiger partial charge in [0.1, 0.15) is 0 Å². The van der Waals surface area contributed by atoms with E-state index >= 15 is 0 Å². The second-order valence-corrected chi connectivity index (χ2v) is 2.47. The predicted octanol–water partition coefficient (Wildman–Crippen LogP) is -2.71. The van der Waals surface area contributed by atoms with Crippen molar-refractivity contribution in [2.75, 3.05) is 0 Å². The van der Waals surface area contributed by atoms with Crippen LogP contribution in [0.3, 0.4) is 0 Å². The zero-order valence-electron chi connectivity index (χ0n) is 5.88. The summed E-state index contributed by atoms with van der Waals surface area (Å²) in [4.78, 5) is 0. The van der Waals surface area contributed by atoms with E-state index in [1.54, 1.807) is 0 Å². The molecule has 1 aliphatic rings. The third-order valence-electron chi connectivity index (χ3n) is 1.62. The Hall–Kier alpha value is 1.56. The van der Waals surface area contributed by atoms with Crippen molar-refractivity contribution in [1.29, 1.82) is 0 Å². The Kier molecular flexibility index (Phi) is 6.14. The Morgan fingerprint density at radius 1 is 1.00 bits per heavy atom. The molecule has 1 fully saturated rings. The fourth-order valence-corrected chi connectivity index (χ4v) is 1.14. The zero-order chi connectivity index (χ0) is 5.98. The maximum atomic E-state index is 8.92. The van der Waals surface area contributed by atoms with Crippen LogP contribution in [0, 0.1) is 0 Å². The van der Waals surface area contributed by atoms with Crippen molar-refractivity contribution < 1.29 is 61.6 Å². The summed E-state index contributed by atoms with van der Waals surface area (Å²) in [5.74, 6) is 0. The SMILES string of the molecule is OC1CCCC(O)C1.[K+]. The van der Waals surface area contributed by atoms with E-state index in [4.69, 9.17) is 10.2 Å². The van der Waals surface area contributed by atoms with E-state index in [0.717, 1.165) is 19.3 Å². The first kappa shape index (κ1) is 10.6. The molecule has 3 heteroatoms. The molecular formula is C6H12KO2+. The van der Waals surface area contributed by atoms with Gasteiger partial charge in [-0.15, -0.1) is 0 Å². The molecule has 0 amide bonds. The second-order valence-electron chi connectivity index (χ2n) is 2.47. The summed E-state index contributed by atoms with van der Waals surface area (Å²) in [6.07, 6.45) is 2.83. The minimum absolute atomic E-state index is 0. The molecule has 0 aliphatic heterocycles. The minimum atomic E-state index is -0.237. The second kappa shape index (κ2) is 5.24. The molecule has 0 aromatic heterocycles. The van der Waals surface area contributed by atoms with Crippen molar-refractivity contribution >= 4 is 0 Å². The van der Waals surface area contributed by atoms with Crippen molar-refractivity contribution in [3.05, 3.63) is 0 Å². The van der Waals surface area contributed by atoms with Gasteiger partial charge in [0.05, 0.1) is 12.2 Å². The van der Waals surface area contributed by atoms with Crippen molar-refractivity contribution in [3.8, 4) is 0 Å². The third kappa shape index (κ3) is 4.09. The smallest absolute Gasteiger partial charge is 0.393 e. The van der Waals surface area contributed by atoms with Crippen LogP contribution >= 0.6 is 0 Å². The summed E-state index contributed by atoms with van der Waals surface area (Å²) in [5.41, 5.74) is 0. The number of hydrogen-bond donors (Lipinski definition) is 2. The van der Waals surface area contributed by atoms with Crippen molar-refractivity contribution in [2.24, 2.45) is 0 Å². The molecule has 0 spiro atoms. The van der Waals surface area contributed by atoms with Crippen LogP contribution in [0.4, 0.5) is 0 Å². The van der Waals surface area contributed by atoms with E-state index in [1.807, 2.05) is 0 Å². The molecule has 0 radical (unpaired) electrons. The molecular weight excluding hydrogens is 143 g/mol. The van der Waals surface area contributed by atoms with Gasteiger partial charge in [0, 0.05) is 0 Å². The van der Waals surface area contributed by atoms with Crippen LogP contribution in [0.2, 0.25) is 0 Å². The average Bonchev–Trinajstić information content (AvgIpc) is 1.64. The third-order valence-corrected chi connectivity index (χ3v) is 1.62. The molecule has 0 aromatic rings. The summed E-state index contributed by atoms with van der Waals surface area (Å²) in [6.45, 7) is 0. The molecule has 2 nitrogen and oxygen atoms in total. The van der Waals surface area contributed by atoms with Gasteiger partial charge in [0.15, 0.2) is 0 Å². The Bertz CT molecular complexity index is 69.5. The van der Waals surface area contributed by atoms with Gasteiger partial charge in [0.2, 0.25) is 0 Å². The van der Waals surface area contributed by atoms with E-state index in [1.165, 1.54) is 0 Å². The maximum absolute atomic E-state index is 8.92. The van der Waals surface area contributed by atoms with Crippen LogP contribution < -0.4 is 51.4 Å². The molecule has 9 heavy (non-hydrogen) atoms. The van der Waals surface area contributed by atoms with Gasteiger partial charge >= 0.3 is 51.4 Å². The van der Waals surface area contributed by atoms with Gasteiger partial charge in [-0.25, -0.2) is 0 Å². The largest absolute Gasteiger partial charge is 1.00 e. The molecule has 0 aromatic carbocycles. The van der Waals surface area contributed by atoms with Gasteiger partial charge < -0.3 is 10.2 Å². The summed E-state index contributed by atoms with van der Waals surface area (Å²) in [6, 6.07) is 0. The van der Waals surface area contributed by atoms with E-state index in [2.05, 4.69) is 0 Å². The quantitative estimate of drug-likeness (QED) is 0.373. The Morgan fingerprint density at radius 3 is 1.67 bits per heavy atom. The molecule has 2 unspecified atom stereocenters. The number of hydrogen-bond acceptors (Lipinski definition) is 2. The topological polar surface area (TPSA) is 40.5 Å². The summed E-state index contributed by atoms with van der Waals surface area (Å²) < 4.78 is 0. The van der Waals surface area contributed by atoms with Gasteiger partial charge in [-0.2, -0.15) is 0 Å². The molecule has 2 N–H and O–H groups in total. The van der Waals surface area contributed by atoms with Crippen LogP contribution in [-0.4, -0.2) is 22.4 Å². The van der Waals surface area contributed by atoms with E-state index in [-0.39, 0.29) is 63.6 Å². The number of rotatable bonds is 0. The molecule has 0 bridgehead atoms. The Morgan fingerprint density at radius 2 is 1.44 bits per heavy atom. The maximum Gasteiger partial charge on any atom is 1.00 e. The average molecular weight is 155 g/mol. The number of aliphatic hydroxyl groups is 2.